The molecule has 2 N–H and O–H groups in total. The second-order valence-corrected chi connectivity index (χ2v) is 4.40. The summed E-state index contributed by atoms with van der Waals surface area (Å²) in [5.74, 6) is -7.79. The average Bonchev–Trinajstić information content (AvgIpc) is 2.37. The Labute approximate surface area is 111 Å². The molecule has 1 aliphatic rings. The first kappa shape index (κ1) is 14.7. The number of anilines is 1. The largest absolute Gasteiger partial charge is 0.463 e. The SMILES string of the molecule is O=C(Nc1cccc2c1CNCC2)C(F)(F)C(F)(F)F. The van der Waals surface area contributed by atoms with Crippen LogP contribution in [0.2, 0.25) is 0 Å². The fraction of sp³-hybridized carbons (Fsp3) is 0.417. The van der Waals surface area contributed by atoms with E-state index in [1.807, 2.05) is 0 Å². The van der Waals surface area contributed by atoms with Gasteiger partial charge >= 0.3 is 18.0 Å². The van der Waals surface area contributed by atoms with Crippen molar-refractivity contribution in [1.82, 2.24) is 5.32 Å². The van der Waals surface area contributed by atoms with Crippen LogP contribution in [0.15, 0.2) is 18.2 Å². The van der Waals surface area contributed by atoms with Gasteiger partial charge in [-0.1, -0.05) is 12.1 Å². The van der Waals surface area contributed by atoms with Crippen molar-refractivity contribution >= 4 is 11.6 Å². The molecule has 110 valence electrons. The van der Waals surface area contributed by atoms with Gasteiger partial charge in [-0.2, -0.15) is 22.0 Å². The normalized spacial score (nSPS) is 15.7. The molecule has 3 nitrogen and oxygen atoms in total. The summed E-state index contributed by atoms with van der Waals surface area (Å²) in [5, 5.41) is 4.63. The molecular formula is C12H11F5N2O. The van der Waals surface area contributed by atoms with Crippen LogP contribution in [-0.2, 0) is 17.8 Å². The highest BCUT2D eigenvalue weighted by molar-refractivity contribution is 5.97. The molecule has 1 amide bonds. The molecule has 1 aromatic rings. The average molecular weight is 294 g/mol. The number of benzene rings is 1. The zero-order valence-corrected chi connectivity index (χ0v) is 10.2. The van der Waals surface area contributed by atoms with Crippen LogP contribution in [0.4, 0.5) is 27.6 Å². The maximum Gasteiger partial charge on any atom is 0.463 e. The van der Waals surface area contributed by atoms with E-state index in [1.54, 1.807) is 11.4 Å². The second kappa shape index (κ2) is 5.01. The molecule has 0 saturated carbocycles. The highest BCUT2D eigenvalue weighted by Gasteiger charge is 2.63. The summed E-state index contributed by atoms with van der Waals surface area (Å²) >= 11 is 0. The molecular weight excluding hydrogens is 283 g/mol. The van der Waals surface area contributed by atoms with E-state index in [4.69, 9.17) is 0 Å². The summed E-state index contributed by atoms with van der Waals surface area (Å²) < 4.78 is 62.1. The number of hydrogen-bond donors (Lipinski definition) is 2. The summed E-state index contributed by atoms with van der Waals surface area (Å²) in [5.41, 5.74) is 1.32. The lowest BCUT2D eigenvalue weighted by molar-refractivity contribution is -0.267. The Bertz CT molecular complexity index is 527. The van der Waals surface area contributed by atoms with Gasteiger partial charge in [-0.3, -0.25) is 4.79 Å². The zero-order chi connectivity index (χ0) is 15.0. The zero-order valence-electron chi connectivity index (χ0n) is 10.2. The first-order valence-corrected chi connectivity index (χ1v) is 5.81. The van der Waals surface area contributed by atoms with Gasteiger partial charge in [-0.15, -0.1) is 0 Å². The van der Waals surface area contributed by atoms with Gasteiger partial charge in [-0.25, -0.2) is 0 Å². The van der Waals surface area contributed by atoms with Gasteiger partial charge in [0.25, 0.3) is 0 Å². The van der Waals surface area contributed by atoms with Crippen LogP contribution in [0.5, 0.6) is 0 Å². The molecule has 2 rings (SSSR count). The van der Waals surface area contributed by atoms with Crippen molar-refractivity contribution in [3.05, 3.63) is 29.3 Å². The Morgan fingerprint density at radius 2 is 1.90 bits per heavy atom. The molecule has 20 heavy (non-hydrogen) atoms. The smallest absolute Gasteiger partial charge is 0.320 e. The van der Waals surface area contributed by atoms with E-state index in [9.17, 15) is 26.7 Å². The fourth-order valence-corrected chi connectivity index (χ4v) is 1.96. The summed E-state index contributed by atoms with van der Waals surface area (Å²) in [6.45, 7) is 0.993. The van der Waals surface area contributed by atoms with Crippen molar-refractivity contribution in [3.63, 3.8) is 0 Å². The molecule has 0 bridgehead atoms. The van der Waals surface area contributed by atoms with E-state index in [-0.39, 0.29) is 5.69 Å². The standard InChI is InChI=1S/C12H11F5N2O/c13-11(14,12(15,16)17)10(20)19-9-3-1-2-7-4-5-18-6-8(7)9/h1-3,18H,4-6H2,(H,19,20). The molecule has 1 aromatic carbocycles. The van der Waals surface area contributed by atoms with Crippen LogP contribution in [0.1, 0.15) is 11.1 Å². The minimum Gasteiger partial charge on any atom is -0.320 e. The van der Waals surface area contributed by atoms with Gasteiger partial charge in [-0.05, 0) is 30.2 Å². The second-order valence-electron chi connectivity index (χ2n) is 4.40. The number of nitrogens with one attached hydrogen (secondary N) is 2. The van der Waals surface area contributed by atoms with Gasteiger partial charge in [0.05, 0.1) is 0 Å². The molecule has 0 unspecified atom stereocenters. The van der Waals surface area contributed by atoms with Crippen LogP contribution in [0.25, 0.3) is 0 Å². The fourth-order valence-electron chi connectivity index (χ4n) is 1.96. The van der Waals surface area contributed by atoms with E-state index in [2.05, 4.69) is 5.32 Å². The van der Waals surface area contributed by atoms with E-state index >= 15 is 0 Å². The first-order valence-electron chi connectivity index (χ1n) is 5.81. The molecule has 0 aliphatic carbocycles. The third-order valence-corrected chi connectivity index (χ3v) is 3.04. The van der Waals surface area contributed by atoms with Crippen LogP contribution in [-0.4, -0.2) is 24.6 Å². The number of hydrogen-bond acceptors (Lipinski definition) is 2. The number of carbonyl (C=O) groups excluding carboxylic acids is 1. The predicted molar refractivity (Wildman–Crippen MR) is 61.5 cm³/mol. The Kier molecular flexibility index (Phi) is 3.68. The number of rotatable bonds is 2. The molecule has 0 saturated heterocycles. The van der Waals surface area contributed by atoms with Gasteiger partial charge in [0.1, 0.15) is 0 Å². The van der Waals surface area contributed by atoms with Crippen molar-refractivity contribution in [2.45, 2.75) is 25.1 Å². The molecule has 0 spiro atoms. The lowest BCUT2D eigenvalue weighted by Gasteiger charge is -2.23. The first-order chi connectivity index (χ1) is 9.23. The summed E-state index contributed by atoms with van der Waals surface area (Å²) in [4.78, 5) is 11.2. The number of carbonyl (C=O) groups is 1. The Morgan fingerprint density at radius 3 is 2.55 bits per heavy atom. The number of halogens is 5. The van der Waals surface area contributed by atoms with Crippen LogP contribution in [0, 0.1) is 0 Å². The lowest BCUT2D eigenvalue weighted by Crippen LogP contribution is -2.47. The maximum atomic E-state index is 12.9. The lowest BCUT2D eigenvalue weighted by atomic mass is 9.99. The molecule has 0 atom stereocenters. The molecule has 0 aromatic heterocycles. The third-order valence-electron chi connectivity index (χ3n) is 3.04. The van der Waals surface area contributed by atoms with Crippen molar-refractivity contribution < 1.29 is 26.7 Å². The van der Waals surface area contributed by atoms with Gasteiger partial charge in [0, 0.05) is 12.2 Å². The van der Waals surface area contributed by atoms with Crippen LogP contribution in [0.3, 0.4) is 0 Å². The highest BCUT2D eigenvalue weighted by atomic mass is 19.4. The molecule has 8 heteroatoms. The van der Waals surface area contributed by atoms with Crippen molar-refractivity contribution in [2.75, 3.05) is 11.9 Å². The summed E-state index contributed by atoms with van der Waals surface area (Å²) in [6, 6.07) is 4.55. The Hall–Kier alpha value is -1.70. The maximum absolute atomic E-state index is 12.9. The van der Waals surface area contributed by atoms with E-state index in [1.165, 1.54) is 12.1 Å². The Morgan fingerprint density at radius 1 is 1.20 bits per heavy atom. The minimum absolute atomic E-state index is 0.0244. The van der Waals surface area contributed by atoms with Crippen molar-refractivity contribution in [1.29, 1.82) is 0 Å². The van der Waals surface area contributed by atoms with Gasteiger partial charge in [0.15, 0.2) is 0 Å². The predicted octanol–water partition coefficient (Wildman–Crippen LogP) is 2.47. The van der Waals surface area contributed by atoms with Crippen LogP contribution >= 0.6 is 0 Å². The topological polar surface area (TPSA) is 41.1 Å². The van der Waals surface area contributed by atoms with E-state index < -0.39 is 18.0 Å². The minimum atomic E-state index is -5.91. The van der Waals surface area contributed by atoms with Crippen molar-refractivity contribution in [2.24, 2.45) is 0 Å². The molecule has 0 radical (unpaired) electrons. The number of alkyl halides is 5. The molecule has 0 fully saturated rings. The Balaban J connectivity index is 2.25. The monoisotopic (exact) mass is 294 g/mol. The molecule has 1 heterocycles. The summed E-state index contributed by atoms with van der Waals surface area (Å²) in [7, 11) is 0. The van der Waals surface area contributed by atoms with Crippen LogP contribution < -0.4 is 10.6 Å². The third kappa shape index (κ3) is 2.60. The van der Waals surface area contributed by atoms with E-state index in [0.717, 1.165) is 5.56 Å². The van der Waals surface area contributed by atoms with Crippen molar-refractivity contribution in [3.8, 4) is 0 Å². The van der Waals surface area contributed by atoms with Gasteiger partial charge in [0.2, 0.25) is 0 Å². The summed E-state index contributed by atoms with van der Waals surface area (Å²) in [6.07, 6.45) is -5.29. The number of fused-ring (bicyclic) bond motifs is 1. The highest BCUT2D eigenvalue weighted by Crippen LogP contribution is 2.36. The van der Waals surface area contributed by atoms with Gasteiger partial charge < -0.3 is 10.6 Å². The number of amides is 1. The molecule has 1 aliphatic heterocycles. The quantitative estimate of drug-likeness (QED) is 0.823. The van der Waals surface area contributed by atoms with E-state index in [0.29, 0.717) is 25.1 Å².